The largest absolute Gasteiger partial charge is 0.389 e. The maximum atomic E-state index is 11.9. The van der Waals surface area contributed by atoms with Gasteiger partial charge in [-0.3, -0.25) is 0 Å². The van der Waals surface area contributed by atoms with Gasteiger partial charge in [0.1, 0.15) is 0 Å². The normalized spacial score (nSPS) is 16.8. The summed E-state index contributed by atoms with van der Waals surface area (Å²) in [5, 5.41) is 12.3. The number of amides is 2. The average Bonchev–Trinajstić information content (AvgIpc) is 2.27. The highest BCUT2D eigenvalue weighted by Crippen LogP contribution is 2.24. The highest BCUT2D eigenvalue weighted by Gasteiger charge is 2.25. The Hall–Kier alpha value is -1.55. The number of benzene rings is 1. The summed E-state index contributed by atoms with van der Waals surface area (Å²) in [5.41, 5.74) is 1.61. The van der Waals surface area contributed by atoms with Gasteiger partial charge in [0.05, 0.1) is 6.10 Å². The van der Waals surface area contributed by atoms with Crippen LogP contribution in [-0.4, -0.2) is 29.1 Å². The van der Waals surface area contributed by atoms with Gasteiger partial charge >= 0.3 is 6.03 Å². The molecule has 1 fully saturated rings. The number of carbonyl (C=O) groups is 1. The molecule has 18 heavy (non-hydrogen) atoms. The number of hydrogen-bond donors (Lipinski definition) is 2. The van der Waals surface area contributed by atoms with Gasteiger partial charge in [0.15, 0.2) is 0 Å². The molecule has 1 aromatic carbocycles. The van der Waals surface area contributed by atoms with Crippen LogP contribution in [0.15, 0.2) is 24.3 Å². The zero-order valence-electron chi connectivity index (χ0n) is 10.9. The third-order valence-electron chi connectivity index (χ3n) is 3.59. The monoisotopic (exact) mass is 248 g/mol. The van der Waals surface area contributed by atoms with E-state index in [1.54, 1.807) is 11.8 Å². The molecule has 1 atom stereocenters. The van der Waals surface area contributed by atoms with E-state index in [0.29, 0.717) is 6.04 Å². The van der Waals surface area contributed by atoms with Crippen LogP contribution in [0.2, 0.25) is 0 Å². The summed E-state index contributed by atoms with van der Waals surface area (Å²) in [4.78, 5) is 13.7. The second-order valence-electron chi connectivity index (χ2n) is 4.92. The van der Waals surface area contributed by atoms with Crippen molar-refractivity contribution in [3.05, 3.63) is 29.8 Å². The molecule has 98 valence electrons. The summed E-state index contributed by atoms with van der Waals surface area (Å²) >= 11 is 0. The number of rotatable bonds is 3. The van der Waals surface area contributed by atoms with Crippen LogP contribution in [0.5, 0.6) is 0 Å². The van der Waals surface area contributed by atoms with Gasteiger partial charge in [-0.05, 0) is 43.9 Å². The molecule has 0 heterocycles. The van der Waals surface area contributed by atoms with Crippen LogP contribution in [-0.2, 0) is 0 Å². The van der Waals surface area contributed by atoms with Crippen molar-refractivity contribution in [3.63, 3.8) is 0 Å². The van der Waals surface area contributed by atoms with Crippen LogP contribution in [0.25, 0.3) is 0 Å². The Kier molecular flexibility index (Phi) is 3.87. The second kappa shape index (κ2) is 5.40. The summed E-state index contributed by atoms with van der Waals surface area (Å²) in [6.07, 6.45) is 2.94. The first-order valence-corrected chi connectivity index (χ1v) is 6.40. The molecule has 2 rings (SSSR count). The number of aliphatic hydroxyl groups excluding tert-OH is 1. The lowest BCUT2D eigenvalue weighted by Crippen LogP contribution is -2.43. The predicted molar refractivity (Wildman–Crippen MR) is 71.5 cm³/mol. The molecule has 2 N–H and O–H groups in total. The number of nitrogens with zero attached hydrogens (tertiary/aromatic N) is 1. The molecule has 2 amide bonds. The first kappa shape index (κ1) is 12.9. The minimum atomic E-state index is -0.479. The van der Waals surface area contributed by atoms with Gasteiger partial charge in [0.25, 0.3) is 0 Å². The summed E-state index contributed by atoms with van der Waals surface area (Å²) in [6.45, 7) is 1.72. The number of hydrogen-bond acceptors (Lipinski definition) is 2. The smallest absolute Gasteiger partial charge is 0.321 e. The summed E-state index contributed by atoms with van der Waals surface area (Å²) < 4.78 is 0. The molecule has 0 aromatic heterocycles. The maximum Gasteiger partial charge on any atom is 0.321 e. The van der Waals surface area contributed by atoms with Crippen molar-refractivity contribution in [1.29, 1.82) is 0 Å². The van der Waals surface area contributed by atoms with Crippen molar-refractivity contribution in [3.8, 4) is 0 Å². The summed E-state index contributed by atoms with van der Waals surface area (Å²) in [5.74, 6) is 0. The van der Waals surface area contributed by atoms with Crippen LogP contribution in [0.1, 0.15) is 37.9 Å². The van der Waals surface area contributed by atoms with Gasteiger partial charge in [-0.1, -0.05) is 12.1 Å². The van der Waals surface area contributed by atoms with Crippen LogP contribution >= 0.6 is 0 Å². The Bertz CT molecular complexity index is 410. The molecule has 1 aliphatic carbocycles. The number of nitrogens with one attached hydrogen (secondary N) is 1. The zero-order chi connectivity index (χ0) is 13.1. The van der Waals surface area contributed by atoms with Gasteiger partial charge in [-0.15, -0.1) is 0 Å². The van der Waals surface area contributed by atoms with Crippen LogP contribution in [0, 0.1) is 0 Å². The van der Waals surface area contributed by atoms with E-state index in [0.717, 1.165) is 24.1 Å². The van der Waals surface area contributed by atoms with Crippen molar-refractivity contribution >= 4 is 11.7 Å². The van der Waals surface area contributed by atoms with E-state index in [4.69, 9.17) is 0 Å². The number of anilines is 1. The van der Waals surface area contributed by atoms with Crippen molar-refractivity contribution < 1.29 is 9.90 Å². The van der Waals surface area contributed by atoms with Crippen LogP contribution < -0.4 is 5.32 Å². The van der Waals surface area contributed by atoms with Gasteiger partial charge in [0.2, 0.25) is 0 Å². The Morgan fingerprint density at radius 2 is 2.00 bits per heavy atom. The predicted octanol–water partition coefficient (Wildman–Crippen LogP) is 2.76. The molecule has 1 unspecified atom stereocenters. The molecule has 4 nitrogen and oxygen atoms in total. The second-order valence-corrected chi connectivity index (χ2v) is 4.92. The number of carbonyl (C=O) groups excluding carboxylic acids is 1. The third kappa shape index (κ3) is 2.82. The fraction of sp³-hybridized carbons (Fsp3) is 0.500. The van der Waals surface area contributed by atoms with Crippen LogP contribution in [0.3, 0.4) is 0 Å². The summed E-state index contributed by atoms with van der Waals surface area (Å²) in [6, 6.07) is 7.60. The van der Waals surface area contributed by atoms with Crippen LogP contribution in [0.4, 0.5) is 10.5 Å². The lowest BCUT2D eigenvalue weighted by molar-refractivity contribution is 0.169. The van der Waals surface area contributed by atoms with E-state index in [1.165, 1.54) is 6.42 Å². The van der Waals surface area contributed by atoms with E-state index in [-0.39, 0.29) is 6.03 Å². The molecule has 1 saturated carbocycles. The first-order valence-electron chi connectivity index (χ1n) is 6.40. The molecule has 4 heteroatoms. The molecular weight excluding hydrogens is 228 g/mol. The van der Waals surface area contributed by atoms with E-state index < -0.39 is 6.10 Å². The van der Waals surface area contributed by atoms with Crippen molar-refractivity contribution in [1.82, 2.24) is 4.90 Å². The molecule has 1 aromatic rings. The maximum absolute atomic E-state index is 11.9. The Morgan fingerprint density at radius 3 is 2.44 bits per heavy atom. The molecule has 0 saturated heterocycles. The van der Waals surface area contributed by atoms with E-state index in [1.807, 2.05) is 31.3 Å². The molecule has 1 aliphatic rings. The summed E-state index contributed by atoms with van der Waals surface area (Å²) in [7, 11) is 1.84. The molecule has 0 aliphatic heterocycles. The Labute approximate surface area is 108 Å². The quantitative estimate of drug-likeness (QED) is 0.864. The van der Waals surface area contributed by atoms with Crippen molar-refractivity contribution in [2.45, 2.75) is 38.3 Å². The zero-order valence-corrected chi connectivity index (χ0v) is 10.9. The third-order valence-corrected chi connectivity index (χ3v) is 3.59. The molecular formula is C14H20N2O2. The van der Waals surface area contributed by atoms with E-state index >= 15 is 0 Å². The topological polar surface area (TPSA) is 52.6 Å². The van der Waals surface area contributed by atoms with Gasteiger partial charge in [0, 0.05) is 18.8 Å². The van der Waals surface area contributed by atoms with E-state index in [9.17, 15) is 9.90 Å². The minimum absolute atomic E-state index is 0.0653. The number of aliphatic hydroxyl groups is 1. The molecule has 0 spiro atoms. The Morgan fingerprint density at radius 1 is 1.39 bits per heavy atom. The van der Waals surface area contributed by atoms with Crippen molar-refractivity contribution in [2.24, 2.45) is 0 Å². The van der Waals surface area contributed by atoms with Gasteiger partial charge in [-0.2, -0.15) is 0 Å². The standard InChI is InChI=1S/C14H20N2O2/c1-10(17)11-6-8-12(9-7-11)15-14(18)16(2)13-4-3-5-13/h6-10,13,17H,3-5H2,1-2H3,(H,15,18). The number of urea groups is 1. The average molecular weight is 248 g/mol. The van der Waals surface area contributed by atoms with Crippen molar-refractivity contribution in [2.75, 3.05) is 12.4 Å². The first-order chi connectivity index (χ1) is 8.58. The lowest BCUT2D eigenvalue weighted by Gasteiger charge is -2.34. The highest BCUT2D eigenvalue weighted by atomic mass is 16.3. The SMILES string of the molecule is CC(O)c1ccc(NC(=O)N(C)C2CCC2)cc1. The molecule has 0 bridgehead atoms. The van der Waals surface area contributed by atoms with Gasteiger partial charge < -0.3 is 15.3 Å². The Balaban J connectivity index is 1.94. The lowest BCUT2D eigenvalue weighted by atomic mass is 9.92. The minimum Gasteiger partial charge on any atom is -0.389 e. The fourth-order valence-corrected chi connectivity index (χ4v) is 2.00. The van der Waals surface area contributed by atoms with E-state index in [2.05, 4.69) is 5.32 Å². The molecule has 0 radical (unpaired) electrons. The fourth-order valence-electron chi connectivity index (χ4n) is 2.00. The highest BCUT2D eigenvalue weighted by molar-refractivity contribution is 5.89. The van der Waals surface area contributed by atoms with Gasteiger partial charge in [-0.25, -0.2) is 4.79 Å².